The minimum atomic E-state index is -4.60. The third-order valence-electron chi connectivity index (χ3n) is 4.15. The quantitative estimate of drug-likeness (QED) is 0.798. The van der Waals surface area contributed by atoms with E-state index in [4.69, 9.17) is 0 Å². The number of aromatic amines is 1. The van der Waals surface area contributed by atoms with E-state index < -0.39 is 17.1 Å². The Labute approximate surface area is 162 Å². The zero-order valence-electron chi connectivity index (χ0n) is 14.7. The van der Waals surface area contributed by atoms with Gasteiger partial charge in [-0.05, 0) is 6.07 Å². The van der Waals surface area contributed by atoms with Gasteiger partial charge in [0, 0.05) is 18.9 Å². The van der Waals surface area contributed by atoms with Crippen LogP contribution in [-0.4, -0.2) is 53.1 Å². The Balaban J connectivity index is 1.42. The number of pyridine rings is 1. The largest absolute Gasteiger partial charge is 0.445 e. The van der Waals surface area contributed by atoms with E-state index in [1.165, 1.54) is 0 Å². The van der Waals surface area contributed by atoms with E-state index in [-0.39, 0.29) is 35.2 Å². The zero-order chi connectivity index (χ0) is 20.1. The summed E-state index contributed by atoms with van der Waals surface area (Å²) in [6.45, 7) is 2.41. The van der Waals surface area contributed by atoms with Gasteiger partial charge in [-0.3, -0.25) is 14.5 Å². The van der Waals surface area contributed by atoms with Crippen molar-refractivity contribution in [1.29, 1.82) is 0 Å². The number of halogens is 3. The molecule has 3 heterocycles. The summed E-state index contributed by atoms with van der Waals surface area (Å²) < 4.78 is 37.4. The van der Waals surface area contributed by atoms with Crippen LogP contribution in [0.4, 0.5) is 24.1 Å². The standard InChI is InChI=1S/C16H17F3N6O2S/c17-16(18,19)14-22-23-15(28-14)21-12(26)4-5-13(27)25-9-7-24(8-10-25)11-3-1-2-6-20-11/h1-3,6H,4-5,7-10H2,(H,21,23,26)/p+1. The number of hydrogen-bond donors (Lipinski definition) is 1. The van der Waals surface area contributed by atoms with Gasteiger partial charge in [0.05, 0.1) is 19.3 Å². The van der Waals surface area contributed by atoms with Crippen molar-refractivity contribution in [2.24, 2.45) is 0 Å². The van der Waals surface area contributed by atoms with Crippen LogP contribution in [0.25, 0.3) is 0 Å². The Morgan fingerprint density at radius 2 is 1.89 bits per heavy atom. The SMILES string of the molecule is O=C(CCC(=O)N1CCN(c2cccc[nH+]2)CC1)Nc1nnc(C(F)(F)F)s1. The summed E-state index contributed by atoms with van der Waals surface area (Å²) in [5, 5.41) is 7.15. The molecule has 3 rings (SSSR count). The summed E-state index contributed by atoms with van der Waals surface area (Å²) in [5.74, 6) is 0.236. The van der Waals surface area contributed by atoms with E-state index in [1.54, 1.807) is 4.90 Å². The molecule has 0 radical (unpaired) electrons. The molecule has 8 nitrogen and oxygen atoms in total. The highest BCUT2D eigenvalue weighted by Crippen LogP contribution is 2.33. The van der Waals surface area contributed by atoms with Crippen LogP contribution >= 0.6 is 11.3 Å². The highest BCUT2D eigenvalue weighted by atomic mass is 32.1. The molecule has 0 spiro atoms. The molecule has 2 aromatic heterocycles. The summed E-state index contributed by atoms with van der Waals surface area (Å²) in [4.78, 5) is 31.1. The first kappa shape index (κ1) is 20.0. The molecular weight excluding hydrogens is 397 g/mol. The molecule has 0 aliphatic carbocycles. The Morgan fingerprint density at radius 1 is 1.14 bits per heavy atom. The molecule has 2 aromatic rings. The molecule has 150 valence electrons. The normalized spacial score (nSPS) is 14.8. The number of anilines is 2. The number of rotatable bonds is 5. The van der Waals surface area contributed by atoms with E-state index in [2.05, 4.69) is 25.4 Å². The van der Waals surface area contributed by atoms with Gasteiger partial charge in [0.1, 0.15) is 13.1 Å². The molecule has 0 unspecified atom stereocenters. The average Bonchev–Trinajstić information content (AvgIpc) is 3.16. The van der Waals surface area contributed by atoms with Gasteiger partial charge in [-0.15, -0.1) is 10.2 Å². The molecular formula is C16H18F3N6O2S+. The number of piperazine rings is 1. The lowest BCUT2D eigenvalue weighted by molar-refractivity contribution is -0.364. The Hall–Kier alpha value is -2.76. The maximum absolute atomic E-state index is 12.5. The predicted molar refractivity (Wildman–Crippen MR) is 94.6 cm³/mol. The van der Waals surface area contributed by atoms with Crippen molar-refractivity contribution < 1.29 is 27.7 Å². The number of hydrogen-bond acceptors (Lipinski definition) is 6. The van der Waals surface area contributed by atoms with Gasteiger partial charge in [0.15, 0.2) is 0 Å². The predicted octanol–water partition coefficient (Wildman–Crippen LogP) is 1.44. The van der Waals surface area contributed by atoms with Gasteiger partial charge in [0.2, 0.25) is 22.0 Å². The topological polar surface area (TPSA) is 92.6 Å². The van der Waals surface area contributed by atoms with Crippen molar-refractivity contribution in [1.82, 2.24) is 15.1 Å². The van der Waals surface area contributed by atoms with Crippen molar-refractivity contribution >= 4 is 34.1 Å². The van der Waals surface area contributed by atoms with Crippen molar-refractivity contribution in [2.45, 2.75) is 19.0 Å². The van der Waals surface area contributed by atoms with Gasteiger partial charge in [0.25, 0.3) is 5.82 Å². The van der Waals surface area contributed by atoms with Crippen molar-refractivity contribution in [3.63, 3.8) is 0 Å². The van der Waals surface area contributed by atoms with E-state index in [0.29, 0.717) is 26.2 Å². The van der Waals surface area contributed by atoms with Crippen LogP contribution < -0.4 is 15.2 Å². The third kappa shape index (κ3) is 5.15. The maximum atomic E-state index is 12.5. The third-order valence-corrected chi connectivity index (χ3v) is 5.03. The smallest absolute Gasteiger partial charge is 0.335 e. The first-order chi connectivity index (χ1) is 13.3. The van der Waals surface area contributed by atoms with Crippen LogP contribution in [0.15, 0.2) is 24.4 Å². The van der Waals surface area contributed by atoms with E-state index in [9.17, 15) is 22.8 Å². The van der Waals surface area contributed by atoms with Gasteiger partial charge < -0.3 is 10.2 Å². The first-order valence-electron chi connectivity index (χ1n) is 8.53. The molecule has 2 N–H and O–H groups in total. The highest BCUT2D eigenvalue weighted by Gasteiger charge is 2.35. The minimum Gasteiger partial charge on any atom is -0.335 e. The molecule has 12 heteroatoms. The van der Waals surface area contributed by atoms with Gasteiger partial charge in [-0.25, -0.2) is 4.98 Å². The van der Waals surface area contributed by atoms with Crippen LogP contribution in [0.5, 0.6) is 0 Å². The second-order valence-corrected chi connectivity index (χ2v) is 7.05. The summed E-state index contributed by atoms with van der Waals surface area (Å²) in [5.41, 5.74) is 0. The summed E-state index contributed by atoms with van der Waals surface area (Å²) >= 11 is 0.246. The Kier molecular flexibility index (Phi) is 6.07. The molecule has 0 bridgehead atoms. The molecule has 0 saturated carbocycles. The Bertz CT molecular complexity index is 821. The fraction of sp³-hybridized carbons (Fsp3) is 0.438. The number of aromatic nitrogens is 3. The molecule has 2 amide bonds. The van der Waals surface area contributed by atoms with Gasteiger partial charge in [-0.1, -0.05) is 17.4 Å². The van der Waals surface area contributed by atoms with E-state index >= 15 is 0 Å². The fourth-order valence-electron chi connectivity index (χ4n) is 2.73. The first-order valence-corrected chi connectivity index (χ1v) is 9.34. The van der Waals surface area contributed by atoms with Gasteiger partial charge in [-0.2, -0.15) is 13.2 Å². The fourth-order valence-corrected chi connectivity index (χ4v) is 3.35. The monoisotopic (exact) mass is 415 g/mol. The molecule has 0 aromatic carbocycles. The number of nitrogens with one attached hydrogen (secondary N) is 2. The van der Waals surface area contributed by atoms with E-state index in [0.717, 1.165) is 5.82 Å². The number of nitrogens with zero attached hydrogens (tertiary/aromatic N) is 4. The zero-order valence-corrected chi connectivity index (χ0v) is 15.5. The number of alkyl halides is 3. The molecule has 1 aliphatic rings. The summed E-state index contributed by atoms with van der Waals surface area (Å²) in [6, 6.07) is 5.77. The van der Waals surface area contributed by atoms with Crippen LogP contribution in [0.2, 0.25) is 0 Å². The Morgan fingerprint density at radius 3 is 2.50 bits per heavy atom. The van der Waals surface area contributed by atoms with Crippen molar-refractivity contribution in [3.05, 3.63) is 29.4 Å². The second-order valence-electron chi connectivity index (χ2n) is 6.07. The molecule has 28 heavy (non-hydrogen) atoms. The van der Waals surface area contributed by atoms with Crippen LogP contribution in [0, 0.1) is 0 Å². The van der Waals surface area contributed by atoms with Crippen molar-refractivity contribution in [3.8, 4) is 0 Å². The lowest BCUT2D eigenvalue weighted by Gasteiger charge is -2.31. The van der Waals surface area contributed by atoms with Crippen LogP contribution in [-0.2, 0) is 15.8 Å². The second kappa shape index (κ2) is 8.50. The number of amides is 2. The van der Waals surface area contributed by atoms with Gasteiger partial charge >= 0.3 is 6.18 Å². The number of carbonyl (C=O) groups is 2. The molecule has 1 aliphatic heterocycles. The maximum Gasteiger partial charge on any atom is 0.445 e. The highest BCUT2D eigenvalue weighted by molar-refractivity contribution is 7.15. The van der Waals surface area contributed by atoms with Crippen LogP contribution in [0.1, 0.15) is 17.8 Å². The summed E-state index contributed by atoms with van der Waals surface area (Å²) in [7, 11) is 0. The number of carbonyl (C=O) groups excluding carboxylic acids is 2. The molecule has 0 atom stereocenters. The molecule has 1 saturated heterocycles. The van der Waals surface area contributed by atoms with E-state index in [1.807, 2.05) is 24.4 Å². The average molecular weight is 415 g/mol. The van der Waals surface area contributed by atoms with Crippen molar-refractivity contribution in [2.75, 3.05) is 36.4 Å². The lowest BCUT2D eigenvalue weighted by atomic mass is 10.2. The summed E-state index contributed by atoms with van der Waals surface area (Å²) in [6.07, 6.45) is -2.92. The lowest BCUT2D eigenvalue weighted by Crippen LogP contribution is -2.50. The minimum absolute atomic E-state index is 0.0196. The number of H-pyrrole nitrogens is 1. The van der Waals surface area contributed by atoms with Crippen LogP contribution in [0.3, 0.4) is 0 Å². The molecule has 1 fully saturated rings.